The average molecular weight is 673 g/mol. The number of carbonyl (C=O) groups excluding carboxylic acids is 1. The standard InChI is InChI=1S/C30H31ClN6O3.C2HF3O2/c1-40-27-13-12-25(34-30(39)33-24-10-8-22(9-11-24)21-6-3-2-4-7-21)18-23(27)20-37-28(38)19-26(29(31)35-37)36-16-5-14-32-15-17-36;3-2(4,5)1(6)7/h2-4,6-13,18-19,32H,5,14-17,20H2,1H3,(H2,33,34,39);(H,6,7). The fourth-order valence-electron chi connectivity index (χ4n) is 4.69. The van der Waals surface area contributed by atoms with Crippen LogP contribution in [0.5, 0.6) is 5.75 Å². The van der Waals surface area contributed by atoms with E-state index in [-0.39, 0.29) is 17.3 Å². The molecule has 4 N–H and O–H groups in total. The number of alkyl halides is 3. The van der Waals surface area contributed by atoms with Gasteiger partial charge in [0.05, 0.1) is 19.3 Å². The van der Waals surface area contributed by atoms with Gasteiger partial charge in [0, 0.05) is 42.6 Å². The molecule has 0 bridgehead atoms. The summed E-state index contributed by atoms with van der Waals surface area (Å²) in [6, 6.07) is 24.0. The van der Waals surface area contributed by atoms with Crippen LogP contribution in [0, 0.1) is 0 Å². The average Bonchev–Trinajstić information content (AvgIpc) is 3.33. The van der Waals surface area contributed by atoms with E-state index in [2.05, 4.69) is 25.9 Å². The number of benzene rings is 3. The zero-order chi connectivity index (χ0) is 34.0. The van der Waals surface area contributed by atoms with Crippen molar-refractivity contribution in [2.24, 2.45) is 0 Å². The number of aliphatic carboxylic acids is 1. The number of rotatable bonds is 7. The first-order valence-electron chi connectivity index (χ1n) is 14.4. The molecule has 1 aliphatic rings. The molecule has 2 amide bonds. The van der Waals surface area contributed by atoms with Crippen molar-refractivity contribution >= 4 is 40.7 Å². The number of hydrogen-bond acceptors (Lipinski definition) is 7. The minimum Gasteiger partial charge on any atom is -0.496 e. The lowest BCUT2D eigenvalue weighted by Gasteiger charge is -2.23. The maximum absolute atomic E-state index is 13.0. The SMILES string of the molecule is COc1ccc(NC(=O)Nc2ccc(-c3ccccc3)cc2)cc1Cn1nc(Cl)c(N2CCCNCC2)cc1=O.O=C(O)C(F)(F)F. The van der Waals surface area contributed by atoms with Gasteiger partial charge in [-0.2, -0.15) is 18.3 Å². The molecule has 1 saturated heterocycles. The van der Waals surface area contributed by atoms with Gasteiger partial charge in [0.2, 0.25) is 0 Å². The van der Waals surface area contributed by atoms with Crippen molar-refractivity contribution in [1.82, 2.24) is 15.1 Å². The fourth-order valence-corrected chi connectivity index (χ4v) is 4.96. The van der Waals surface area contributed by atoms with Crippen molar-refractivity contribution in [3.8, 4) is 16.9 Å². The quantitative estimate of drug-likeness (QED) is 0.196. The second-order valence-corrected chi connectivity index (χ2v) is 10.6. The molecule has 1 aliphatic heterocycles. The summed E-state index contributed by atoms with van der Waals surface area (Å²) >= 11 is 6.52. The van der Waals surface area contributed by atoms with Crippen LogP contribution in [0.15, 0.2) is 83.7 Å². The molecule has 0 spiro atoms. The number of carboxylic acids is 1. The highest BCUT2D eigenvalue weighted by Gasteiger charge is 2.38. The monoisotopic (exact) mass is 672 g/mol. The maximum atomic E-state index is 13.0. The first kappa shape index (κ1) is 34.8. The number of anilines is 3. The van der Waals surface area contributed by atoms with Crippen LogP contribution in [-0.2, 0) is 11.3 Å². The summed E-state index contributed by atoms with van der Waals surface area (Å²) < 4.78 is 38.5. The molecule has 0 aliphatic carbocycles. The lowest BCUT2D eigenvalue weighted by molar-refractivity contribution is -0.192. The van der Waals surface area contributed by atoms with Gasteiger partial charge in [0.1, 0.15) is 5.75 Å². The van der Waals surface area contributed by atoms with Crippen LogP contribution in [0.4, 0.5) is 35.0 Å². The van der Waals surface area contributed by atoms with E-state index in [1.54, 1.807) is 25.3 Å². The van der Waals surface area contributed by atoms with Crippen LogP contribution in [-0.4, -0.2) is 66.4 Å². The first-order chi connectivity index (χ1) is 22.4. The van der Waals surface area contributed by atoms with Gasteiger partial charge in [0.15, 0.2) is 5.15 Å². The van der Waals surface area contributed by atoms with Gasteiger partial charge in [-0.3, -0.25) is 4.79 Å². The third kappa shape index (κ3) is 9.95. The Labute approximate surface area is 272 Å². The molecule has 47 heavy (non-hydrogen) atoms. The summed E-state index contributed by atoms with van der Waals surface area (Å²) in [5.74, 6) is -2.19. The molecule has 11 nitrogen and oxygen atoms in total. The Balaban J connectivity index is 0.000000644. The highest BCUT2D eigenvalue weighted by atomic mass is 35.5. The summed E-state index contributed by atoms with van der Waals surface area (Å²) in [6.45, 7) is 3.44. The number of nitrogens with zero attached hydrogens (tertiary/aromatic N) is 3. The van der Waals surface area contributed by atoms with Crippen LogP contribution in [0.25, 0.3) is 11.1 Å². The molecule has 15 heteroatoms. The predicted molar refractivity (Wildman–Crippen MR) is 174 cm³/mol. The van der Waals surface area contributed by atoms with E-state index in [1.807, 2.05) is 54.6 Å². The van der Waals surface area contributed by atoms with E-state index in [9.17, 15) is 22.8 Å². The lowest BCUT2D eigenvalue weighted by Crippen LogP contribution is -2.31. The summed E-state index contributed by atoms with van der Waals surface area (Å²) in [5.41, 5.74) is 4.42. The van der Waals surface area contributed by atoms with E-state index in [4.69, 9.17) is 26.2 Å². The predicted octanol–water partition coefficient (Wildman–Crippen LogP) is 5.70. The zero-order valence-corrected chi connectivity index (χ0v) is 25.9. The molecule has 5 rings (SSSR count). The molecule has 3 aromatic carbocycles. The van der Waals surface area contributed by atoms with Gasteiger partial charge in [-0.15, -0.1) is 0 Å². The maximum Gasteiger partial charge on any atom is 0.490 e. The van der Waals surface area contributed by atoms with Crippen LogP contribution < -0.4 is 31.1 Å². The van der Waals surface area contributed by atoms with Gasteiger partial charge in [-0.05, 0) is 54.4 Å². The summed E-state index contributed by atoms with van der Waals surface area (Å²) in [5, 5.41) is 20.8. The van der Waals surface area contributed by atoms with E-state index >= 15 is 0 Å². The minimum absolute atomic E-state index is 0.127. The zero-order valence-electron chi connectivity index (χ0n) is 25.2. The second-order valence-electron chi connectivity index (χ2n) is 10.3. The third-order valence-electron chi connectivity index (χ3n) is 6.97. The molecule has 248 valence electrons. The molecule has 4 aromatic rings. The van der Waals surface area contributed by atoms with Crippen LogP contribution in [0.1, 0.15) is 12.0 Å². The van der Waals surface area contributed by atoms with E-state index < -0.39 is 18.2 Å². The first-order valence-corrected chi connectivity index (χ1v) is 14.8. The highest BCUT2D eigenvalue weighted by molar-refractivity contribution is 6.31. The molecule has 1 aromatic heterocycles. The van der Waals surface area contributed by atoms with Gasteiger partial charge in [-0.25, -0.2) is 14.3 Å². The highest BCUT2D eigenvalue weighted by Crippen LogP contribution is 2.26. The van der Waals surface area contributed by atoms with Crippen molar-refractivity contribution in [2.75, 3.05) is 48.8 Å². The summed E-state index contributed by atoms with van der Waals surface area (Å²) in [7, 11) is 1.55. The van der Waals surface area contributed by atoms with Gasteiger partial charge >= 0.3 is 18.2 Å². The molecular formula is C32H32ClF3N6O5. The molecule has 1 fully saturated rings. The Morgan fingerprint density at radius 1 is 0.957 bits per heavy atom. The number of nitrogens with one attached hydrogen (secondary N) is 3. The number of hydrogen-bond donors (Lipinski definition) is 4. The van der Waals surface area contributed by atoms with Crippen molar-refractivity contribution in [3.63, 3.8) is 0 Å². The Bertz CT molecular complexity index is 1730. The second kappa shape index (κ2) is 16.0. The number of urea groups is 1. The summed E-state index contributed by atoms with van der Waals surface area (Å²) in [6.07, 6.45) is -4.12. The Morgan fingerprint density at radius 2 is 1.60 bits per heavy atom. The normalized spacial score (nSPS) is 13.1. The van der Waals surface area contributed by atoms with Crippen molar-refractivity contribution in [3.05, 3.63) is 99.9 Å². The van der Waals surface area contributed by atoms with Crippen LogP contribution in [0.3, 0.4) is 0 Å². The Hall–Kier alpha value is -5.08. The molecule has 0 radical (unpaired) electrons. The number of amides is 2. The Morgan fingerprint density at radius 3 is 2.26 bits per heavy atom. The molecular weight excluding hydrogens is 641 g/mol. The number of carboxylic acid groups (broad SMARTS) is 1. The molecule has 2 heterocycles. The van der Waals surface area contributed by atoms with Crippen molar-refractivity contribution in [1.29, 1.82) is 0 Å². The Kier molecular flexibility index (Phi) is 11.8. The molecule has 0 unspecified atom stereocenters. The van der Waals surface area contributed by atoms with E-state index in [0.717, 1.165) is 43.7 Å². The molecule has 0 saturated carbocycles. The number of carbonyl (C=O) groups is 2. The van der Waals surface area contributed by atoms with Crippen molar-refractivity contribution in [2.45, 2.75) is 19.1 Å². The number of ether oxygens (including phenoxy) is 1. The minimum atomic E-state index is -5.08. The number of methoxy groups -OCH3 is 1. The van der Waals surface area contributed by atoms with Gasteiger partial charge in [-0.1, -0.05) is 54.1 Å². The summed E-state index contributed by atoms with van der Waals surface area (Å²) in [4.78, 5) is 36.7. The van der Waals surface area contributed by atoms with E-state index in [0.29, 0.717) is 28.4 Å². The number of halogens is 4. The fraction of sp³-hybridized carbons (Fsp3) is 0.250. The van der Waals surface area contributed by atoms with Gasteiger partial charge < -0.3 is 30.7 Å². The smallest absolute Gasteiger partial charge is 0.490 e. The topological polar surface area (TPSA) is 138 Å². The lowest BCUT2D eigenvalue weighted by atomic mass is 10.1. The van der Waals surface area contributed by atoms with E-state index in [1.165, 1.54) is 10.7 Å². The molecule has 0 atom stereocenters. The largest absolute Gasteiger partial charge is 0.496 e. The van der Waals surface area contributed by atoms with Crippen molar-refractivity contribution < 1.29 is 32.6 Å². The van der Waals surface area contributed by atoms with Gasteiger partial charge in [0.25, 0.3) is 5.56 Å². The van der Waals surface area contributed by atoms with Crippen LogP contribution >= 0.6 is 11.6 Å². The third-order valence-corrected chi connectivity index (χ3v) is 7.24. The number of aromatic nitrogens is 2. The van der Waals surface area contributed by atoms with Crippen LogP contribution in [0.2, 0.25) is 5.15 Å².